The van der Waals surface area contributed by atoms with Crippen LogP contribution in [0.25, 0.3) is 0 Å². The summed E-state index contributed by atoms with van der Waals surface area (Å²) in [6.07, 6.45) is 6.36. The summed E-state index contributed by atoms with van der Waals surface area (Å²) in [6, 6.07) is 5.67. The van der Waals surface area contributed by atoms with Crippen LogP contribution in [0, 0.1) is 18.2 Å². The molecule has 1 aromatic carbocycles. The number of hydrogen-bond donors (Lipinski definition) is 2. The highest BCUT2D eigenvalue weighted by Crippen LogP contribution is 2.16. The van der Waals surface area contributed by atoms with Crippen molar-refractivity contribution in [1.29, 1.82) is 0 Å². The molecule has 0 aliphatic carbocycles. The summed E-state index contributed by atoms with van der Waals surface area (Å²) in [5.74, 6) is 2.53. The summed E-state index contributed by atoms with van der Waals surface area (Å²) in [4.78, 5) is 4.21. The Kier molecular flexibility index (Phi) is 5.19. The van der Waals surface area contributed by atoms with Crippen molar-refractivity contribution in [3.8, 4) is 12.3 Å². The molecule has 18 heavy (non-hydrogen) atoms. The van der Waals surface area contributed by atoms with Crippen molar-refractivity contribution >= 4 is 5.96 Å². The summed E-state index contributed by atoms with van der Waals surface area (Å²) in [5.41, 5.74) is 6.51. The van der Waals surface area contributed by atoms with E-state index in [0.717, 1.165) is 12.0 Å². The average Bonchev–Trinajstić information content (AvgIpc) is 2.37. The molecule has 3 N–H and O–H groups in total. The minimum atomic E-state index is -0.498. The van der Waals surface area contributed by atoms with Crippen molar-refractivity contribution in [2.24, 2.45) is 10.7 Å². The highest BCUT2D eigenvalue weighted by molar-refractivity contribution is 5.78. The van der Waals surface area contributed by atoms with Crippen molar-refractivity contribution in [2.75, 3.05) is 0 Å². The molecule has 0 saturated carbocycles. The third kappa shape index (κ3) is 4.10. The van der Waals surface area contributed by atoms with Gasteiger partial charge in [-0.1, -0.05) is 25.0 Å². The fraction of sp³-hybridized carbons (Fsp3) is 0.357. The summed E-state index contributed by atoms with van der Waals surface area (Å²) in [5, 5.41) is 3.03. The van der Waals surface area contributed by atoms with Gasteiger partial charge in [-0.25, -0.2) is 9.38 Å². The Bertz CT molecular complexity index is 445. The van der Waals surface area contributed by atoms with E-state index in [2.05, 4.69) is 16.2 Å². The second-order valence-electron chi connectivity index (χ2n) is 4.09. The van der Waals surface area contributed by atoms with Crippen LogP contribution in [-0.4, -0.2) is 12.0 Å². The van der Waals surface area contributed by atoms with E-state index in [0.29, 0.717) is 5.96 Å². The average molecular weight is 247 g/mol. The van der Waals surface area contributed by atoms with Gasteiger partial charge >= 0.3 is 0 Å². The van der Waals surface area contributed by atoms with E-state index in [1.807, 2.05) is 13.8 Å². The van der Waals surface area contributed by atoms with Crippen molar-refractivity contribution in [3.63, 3.8) is 0 Å². The summed E-state index contributed by atoms with van der Waals surface area (Å²) in [7, 11) is 0. The van der Waals surface area contributed by atoms with Crippen molar-refractivity contribution in [2.45, 2.75) is 32.4 Å². The normalized spacial score (nSPS) is 14.7. The molecule has 0 radical (unpaired) electrons. The number of hydrogen-bond acceptors (Lipinski definition) is 1. The Morgan fingerprint density at radius 3 is 2.61 bits per heavy atom. The molecule has 3 nitrogen and oxygen atoms in total. The van der Waals surface area contributed by atoms with E-state index in [4.69, 9.17) is 12.2 Å². The molecular formula is C14H18FN3. The van der Waals surface area contributed by atoms with Gasteiger partial charge in [0, 0.05) is 6.04 Å². The molecule has 0 amide bonds. The first-order valence-electron chi connectivity index (χ1n) is 5.88. The molecule has 0 heterocycles. The van der Waals surface area contributed by atoms with Crippen LogP contribution in [0.5, 0.6) is 0 Å². The molecule has 0 bridgehead atoms. The monoisotopic (exact) mass is 247 g/mol. The van der Waals surface area contributed by atoms with Crippen LogP contribution in [0.1, 0.15) is 31.9 Å². The molecule has 2 unspecified atom stereocenters. The molecule has 0 aliphatic heterocycles. The Morgan fingerprint density at radius 1 is 1.50 bits per heavy atom. The van der Waals surface area contributed by atoms with Crippen molar-refractivity contribution in [3.05, 3.63) is 35.6 Å². The lowest BCUT2D eigenvalue weighted by Crippen LogP contribution is -2.38. The smallest absolute Gasteiger partial charge is 0.190 e. The number of rotatable bonds is 4. The maximum Gasteiger partial charge on any atom is 0.190 e. The molecule has 0 fully saturated rings. The molecule has 4 heteroatoms. The lowest BCUT2D eigenvalue weighted by molar-refractivity contribution is 0.626. The predicted octanol–water partition coefficient (Wildman–Crippen LogP) is 2.20. The van der Waals surface area contributed by atoms with Gasteiger partial charge in [-0.3, -0.25) is 0 Å². The molecule has 1 aromatic rings. The molecule has 0 aromatic heterocycles. The Hall–Kier alpha value is -2.02. The second-order valence-corrected chi connectivity index (χ2v) is 4.09. The Balaban J connectivity index is 2.82. The number of nitrogens with zero attached hydrogens (tertiary/aromatic N) is 1. The van der Waals surface area contributed by atoms with E-state index >= 15 is 0 Å². The standard InChI is InChI=1S/C14H18FN3/c1-4-10(3)17-14(16)18-13(5-2)11-6-8-12(15)9-7-11/h2,6-10,13H,4H2,1,3H3,(H3,16,17,18). The van der Waals surface area contributed by atoms with Gasteiger partial charge in [-0.2, -0.15) is 0 Å². The largest absolute Gasteiger partial charge is 0.370 e. The topological polar surface area (TPSA) is 50.4 Å². The van der Waals surface area contributed by atoms with Crippen LogP contribution >= 0.6 is 0 Å². The first-order chi connectivity index (χ1) is 8.56. The number of guanidine groups is 1. The summed E-state index contributed by atoms with van der Waals surface area (Å²) >= 11 is 0. The van der Waals surface area contributed by atoms with E-state index in [-0.39, 0.29) is 11.9 Å². The van der Waals surface area contributed by atoms with Crippen LogP contribution in [0.3, 0.4) is 0 Å². The van der Waals surface area contributed by atoms with Gasteiger partial charge in [-0.15, -0.1) is 6.42 Å². The van der Waals surface area contributed by atoms with Gasteiger partial charge in [0.2, 0.25) is 0 Å². The molecule has 1 rings (SSSR count). The number of halogens is 1. The van der Waals surface area contributed by atoms with Crippen LogP contribution < -0.4 is 11.1 Å². The number of nitrogens with one attached hydrogen (secondary N) is 1. The zero-order chi connectivity index (χ0) is 13.5. The van der Waals surface area contributed by atoms with Gasteiger partial charge in [0.25, 0.3) is 0 Å². The number of nitrogens with two attached hydrogens (primary N) is 1. The highest BCUT2D eigenvalue weighted by Gasteiger charge is 2.08. The van der Waals surface area contributed by atoms with E-state index in [9.17, 15) is 4.39 Å². The van der Waals surface area contributed by atoms with Crippen LogP contribution in [-0.2, 0) is 0 Å². The van der Waals surface area contributed by atoms with Crippen LogP contribution in [0.2, 0.25) is 0 Å². The zero-order valence-corrected chi connectivity index (χ0v) is 10.7. The van der Waals surface area contributed by atoms with Gasteiger partial charge in [0.05, 0.1) is 0 Å². The number of terminal acetylenes is 1. The number of benzene rings is 1. The molecule has 96 valence electrons. The molecule has 2 atom stereocenters. The fourth-order valence-corrected chi connectivity index (χ4v) is 1.38. The molecular weight excluding hydrogens is 229 g/mol. The van der Waals surface area contributed by atoms with Crippen molar-refractivity contribution in [1.82, 2.24) is 5.32 Å². The molecule has 0 aliphatic rings. The Labute approximate surface area is 107 Å². The predicted molar refractivity (Wildman–Crippen MR) is 72.5 cm³/mol. The minimum Gasteiger partial charge on any atom is -0.370 e. The minimum absolute atomic E-state index is 0.236. The second kappa shape index (κ2) is 6.65. The van der Waals surface area contributed by atoms with E-state index in [1.54, 1.807) is 12.1 Å². The zero-order valence-electron chi connectivity index (χ0n) is 10.7. The van der Waals surface area contributed by atoms with Gasteiger partial charge in [0.1, 0.15) is 11.9 Å². The molecule has 0 spiro atoms. The first kappa shape index (κ1) is 14.0. The quantitative estimate of drug-likeness (QED) is 0.487. The van der Waals surface area contributed by atoms with E-state index < -0.39 is 6.04 Å². The van der Waals surface area contributed by atoms with Gasteiger partial charge in [0.15, 0.2) is 5.96 Å². The van der Waals surface area contributed by atoms with Gasteiger partial charge in [-0.05, 0) is 31.0 Å². The van der Waals surface area contributed by atoms with E-state index in [1.165, 1.54) is 12.1 Å². The first-order valence-corrected chi connectivity index (χ1v) is 5.88. The third-order valence-corrected chi connectivity index (χ3v) is 2.62. The Morgan fingerprint density at radius 2 is 2.11 bits per heavy atom. The molecule has 0 saturated heterocycles. The number of aliphatic imine (C=N–C) groups is 1. The lowest BCUT2D eigenvalue weighted by atomic mass is 10.1. The third-order valence-electron chi connectivity index (χ3n) is 2.62. The lowest BCUT2D eigenvalue weighted by Gasteiger charge is -2.13. The van der Waals surface area contributed by atoms with Crippen molar-refractivity contribution < 1.29 is 4.39 Å². The summed E-state index contributed by atoms with van der Waals surface area (Å²) in [6.45, 7) is 4.05. The van der Waals surface area contributed by atoms with Gasteiger partial charge < -0.3 is 11.1 Å². The highest BCUT2D eigenvalue weighted by atomic mass is 19.1. The maximum absolute atomic E-state index is 12.8. The fourth-order valence-electron chi connectivity index (χ4n) is 1.38. The maximum atomic E-state index is 12.8. The summed E-state index contributed by atoms with van der Waals surface area (Å²) < 4.78 is 12.8. The van der Waals surface area contributed by atoms with Crippen LogP contribution in [0.4, 0.5) is 4.39 Å². The SMILES string of the molecule is C#CC(N=C(N)NC(C)CC)c1ccc(F)cc1. The van der Waals surface area contributed by atoms with Crippen LogP contribution in [0.15, 0.2) is 29.3 Å².